The topological polar surface area (TPSA) is 111 Å². The Labute approximate surface area is 193 Å². The molecule has 4 rings (SSSR count). The number of hydrogen-bond acceptors (Lipinski definition) is 6. The van der Waals surface area contributed by atoms with Crippen LogP contribution in [0.2, 0.25) is 0 Å². The van der Waals surface area contributed by atoms with Crippen LogP contribution in [0.5, 0.6) is 0 Å². The third-order valence-corrected chi connectivity index (χ3v) is 7.77. The van der Waals surface area contributed by atoms with Crippen LogP contribution in [0.4, 0.5) is 4.39 Å². The number of nitrogens with zero attached hydrogens (tertiary/aromatic N) is 1. The van der Waals surface area contributed by atoms with E-state index >= 15 is 0 Å². The summed E-state index contributed by atoms with van der Waals surface area (Å²) >= 11 is 0. The van der Waals surface area contributed by atoms with Crippen LogP contribution in [0.3, 0.4) is 0 Å². The van der Waals surface area contributed by atoms with E-state index in [4.69, 9.17) is 0 Å². The van der Waals surface area contributed by atoms with Crippen molar-refractivity contribution in [1.82, 2.24) is 16.0 Å². The number of benzene rings is 2. The number of carbonyl (C=O) groups excluding carboxylic acids is 1. The predicted octanol–water partition coefficient (Wildman–Crippen LogP) is 2.11. The van der Waals surface area contributed by atoms with Gasteiger partial charge >= 0.3 is 0 Å². The lowest BCUT2D eigenvalue weighted by Crippen LogP contribution is -2.54. The van der Waals surface area contributed by atoms with Crippen LogP contribution >= 0.6 is 0 Å². The predicted molar refractivity (Wildman–Crippen MR) is 122 cm³/mol. The van der Waals surface area contributed by atoms with Crippen LogP contribution in [0.25, 0.3) is 11.1 Å². The van der Waals surface area contributed by atoms with Gasteiger partial charge in [0.05, 0.1) is 22.7 Å². The summed E-state index contributed by atoms with van der Waals surface area (Å²) in [5.41, 5.74) is 1.54. The van der Waals surface area contributed by atoms with Gasteiger partial charge in [0.1, 0.15) is 11.9 Å². The molecule has 1 saturated heterocycles. The summed E-state index contributed by atoms with van der Waals surface area (Å²) < 4.78 is 38.6. The van der Waals surface area contributed by atoms with Crippen LogP contribution in [0.15, 0.2) is 41.3 Å². The number of hydrogen-bond donors (Lipinski definition) is 3. The first kappa shape index (κ1) is 23.4. The summed E-state index contributed by atoms with van der Waals surface area (Å²) in [5, 5.41) is 18.7. The van der Waals surface area contributed by atoms with Gasteiger partial charge in [0.15, 0.2) is 9.84 Å². The Morgan fingerprint density at radius 3 is 2.55 bits per heavy atom. The fourth-order valence-electron chi connectivity index (χ4n) is 4.87. The SMILES string of the molecule is CN[C@H](Cc1ccc(-c2ccc(S(C)(=O)=O)c(C#N)c2)cc1F)NC(=O)[C@H]1N[C@@H]2CC[C@H]1C2. The summed E-state index contributed by atoms with van der Waals surface area (Å²) in [5.74, 6) is -0.129. The number of piperidine rings is 1. The van der Waals surface area contributed by atoms with Crippen LogP contribution in [0, 0.1) is 23.1 Å². The minimum absolute atomic E-state index is 0.0201. The van der Waals surface area contributed by atoms with Crippen LogP contribution in [-0.2, 0) is 21.1 Å². The minimum Gasteiger partial charge on any atom is -0.339 e. The molecule has 2 aliphatic rings. The molecular weight excluding hydrogens is 443 g/mol. The lowest BCUT2D eigenvalue weighted by molar-refractivity contribution is -0.125. The van der Waals surface area contributed by atoms with E-state index in [-0.39, 0.29) is 28.8 Å². The molecule has 1 saturated carbocycles. The van der Waals surface area contributed by atoms with E-state index in [1.54, 1.807) is 25.2 Å². The Morgan fingerprint density at radius 1 is 1.24 bits per heavy atom. The molecule has 9 heteroatoms. The fraction of sp³-hybridized carbons (Fsp3) is 0.417. The quantitative estimate of drug-likeness (QED) is 0.535. The Kier molecular flexibility index (Phi) is 6.52. The molecular formula is C24H27FN4O3S. The van der Waals surface area contributed by atoms with Gasteiger partial charge < -0.3 is 16.0 Å². The second-order valence-corrected chi connectivity index (χ2v) is 10.9. The highest BCUT2D eigenvalue weighted by atomic mass is 32.2. The zero-order valence-electron chi connectivity index (χ0n) is 18.6. The van der Waals surface area contributed by atoms with Gasteiger partial charge in [-0.1, -0.05) is 18.2 Å². The first-order valence-electron chi connectivity index (χ1n) is 11.0. The summed E-state index contributed by atoms with van der Waals surface area (Å²) in [6, 6.07) is 11.2. The van der Waals surface area contributed by atoms with Gasteiger partial charge in [0.25, 0.3) is 0 Å². The molecule has 1 aliphatic heterocycles. The number of amides is 1. The van der Waals surface area contributed by atoms with Gasteiger partial charge in [-0.25, -0.2) is 12.8 Å². The lowest BCUT2D eigenvalue weighted by Gasteiger charge is -2.26. The molecule has 174 valence electrons. The summed E-state index contributed by atoms with van der Waals surface area (Å²) in [6.07, 6.45) is 4.12. The van der Waals surface area contributed by atoms with E-state index in [0.717, 1.165) is 25.5 Å². The first-order valence-corrected chi connectivity index (χ1v) is 12.9. The van der Waals surface area contributed by atoms with Gasteiger partial charge in [-0.05, 0) is 67.1 Å². The molecule has 2 aromatic rings. The van der Waals surface area contributed by atoms with E-state index in [9.17, 15) is 22.9 Å². The minimum atomic E-state index is -3.54. The fourth-order valence-corrected chi connectivity index (χ4v) is 5.69. The number of fused-ring (bicyclic) bond motifs is 2. The normalized spacial score (nSPS) is 22.7. The zero-order valence-corrected chi connectivity index (χ0v) is 19.4. The molecule has 7 nitrogen and oxygen atoms in total. The van der Waals surface area contributed by atoms with E-state index in [1.165, 1.54) is 18.2 Å². The molecule has 0 unspecified atom stereocenters. The highest BCUT2D eigenvalue weighted by Gasteiger charge is 2.42. The van der Waals surface area contributed by atoms with Crippen molar-refractivity contribution in [3.8, 4) is 17.2 Å². The number of nitriles is 1. The summed E-state index contributed by atoms with van der Waals surface area (Å²) in [4.78, 5) is 12.6. The third kappa shape index (κ3) is 4.93. The van der Waals surface area contributed by atoms with Crippen LogP contribution in [0.1, 0.15) is 30.4 Å². The van der Waals surface area contributed by atoms with Crippen molar-refractivity contribution in [3.05, 3.63) is 53.3 Å². The maximum absolute atomic E-state index is 14.9. The molecule has 2 fully saturated rings. The molecule has 3 N–H and O–H groups in total. The van der Waals surface area contributed by atoms with Gasteiger partial charge in [0.2, 0.25) is 5.91 Å². The second-order valence-electron chi connectivity index (χ2n) is 8.87. The molecule has 0 spiro atoms. The third-order valence-electron chi connectivity index (χ3n) is 6.62. The number of rotatable bonds is 7. The molecule has 0 radical (unpaired) electrons. The van der Waals surface area contributed by atoms with E-state index in [0.29, 0.717) is 28.7 Å². The number of halogens is 1. The summed E-state index contributed by atoms with van der Waals surface area (Å²) in [7, 11) is -1.82. The maximum Gasteiger partial charge on any atom is 0.238 e. The molecule has 1 amide bonds. The summed E-state index contributed by atoms with van der Waals surface area (Å²) in [6.45, 7) is 0. The Morgan fingerprint density at radius 2 is 1.97 bits per heavy atom. The van der Waals surface area contributed by atoms with Crippen molar-refractivity contribution >= 4 is 15.7 Å². The Bertz CT molecular complexity index is 1220. The van der Waals surface area contributed by atoms with Gasteiger partial charge in [0, 0.05) is 18.7 Å². The average molecular weight is 471 g/mol. The molecule has 0 aromatic heterocycles. The van der Waals surface area contributed by atoms with Gasteiger partial charge in [-0.3, -0.25) is 4.79 Å². The van der Waals surface area contributed by atoms with Crippen molar-refractivity contribution in [2.75, 3.05) is 13.3 Å². The van der Waals surface area contributed by atoms with E-state index in [2.05, 4.69) is 16.0 Å². The van der Waals surface area contributed by atoms with Gasteiger partial charge in [-0.15, -0.1) is 0 Å². The number of nitrogens with one attached hydrogen (secondary N) is 3. The van der Waals surface area contributed by atoms with Crippen molar-refractivity contribution < 1.29 is 17.6 Å². The van der Waals surface area contributed by atoms with Crippen molar-refractivity contribution in [2.45, 2.75) is 48.8 Å². The zero-order chi connectivity index (χ0) is 23.8. The highest BCUT2D eigenvalue weighted by molar-refractivity contribution is 7.90. The Hall–Kier alpha value is -2.80. The van der Waals surface area contributed by atoms with E-state index in [1.807, 2.05) is 6.07 Å². The van der Waals surface area contributed by atoms with Gasteiger partial charge in [-0.2, -0.15) is 5.26 Å². The first-order chi connectivity index (χ1) is 15.7. The van der Waals surface area contributed by atoms with E-state index < -0.39 is 21.8 Å². The van der Waals surface area contributed by atoms with Crippen molar-refractivity contribution in [2.24, 2.45) is 5.92 Å². The highest BCUT2D eigenvalue weighted by Crippen LogP contribution is 2.35. The molecule has 2 aromatic carbocycles. The lowest BCUT2D eigenvalue weighted by atomic mass is 9.98. The van der Waals surface area contributed by atoms with Crippen molar-refractivity contribution in [3.63, 3.8) is 0 Å². The molecule has 4 atom stereocenters. The van der Waals surface area contributed by atoms with Crippen molar-refractivity contribution in [1.29, 1.82) is 5.26 Å². The monoisotopic (exact) mass is 470 g/mol. The maximum atomic E-state index is 14.9. The average Bonchev–Trinajstić information content (AvgIpc) is 3.42. The van der Waals surface area contributed by atoms with Crippen LogP contribution in [-0.4, -0.2) is 45.9 Å². The largest absolute Gasteiger partial charge is 0.339 e. The molecule has 1 aliphatic carbocycles. The number of likely N-dealkylation sites (N-methyl/N-ethyl adjacent to an activating group) is 1. The van der Waals surface area contributed by atoms with Crippen LogP contribution < -0.4 is 16.0 Å². The molecule has 33 heavy (non-hydrogen) atoms. The second kappa shape index (κ2) is 9.21. The molecule has 2 bridgehead atoms. The Balaban J connectivity index is 1.48. The number of carbonyl (C=O) groups is 1. The standard InChI is InChI=1S/C24H27FN4O3S/c1-27-22(29-24(30)23-17-5-7-19(10-17)28-23)12-16-4-3-15(11-20(16)25)14-6-8-21(33(2,31)32)18(9-14)13-26/h3-4,6,8-9,11,17,19,22-23,27-28H,5,7,10,12H2,1-2H3,(H,29,30)/t17-,19+,22-,23-/m0/s1. The molecule has 1 heterocycles. The number of sulfone groups is 1. The smallest absolute Gasteiger partial charge is 0.238 e.